The number of benzene rings is 2. The lowest BCUT2D eigenvalue weighted by Gasteiger charge is -2.16. The molecule has 0 radical (unpaired) electrons. The number of anilines is 1. The van der Waals surface area contributed by atoms with Gasteiger partial charge in [-0.2, -0.15) is 0 Å². The third-order valence-corrected chi connectivity index (χ3v) is 4.07. The molecule has 0 spiro atoms. The normalized spacial score (nSPS) is 16.7. The highest BCUT2D eigenvalue weighted by molar-refractivity contribution is 6.22. The number of nitrogens with zero attached hydrogens (tertiary/aromatic N) is 1. The number of amides is 3. The van der Waals surface area contributed by atoms with Crippen LogP contribution < -0.4 is 20.5 Å². The molecule has 2 aromatic rings. The number of hydrogen-bond acceptors (Lipinski definition) is 5. The van der Waals surface area contributed by atoms with Crippen molar-refractivity contribution in [1.29, 1.82) is 0 Å². The molecule has 1 aliphatic rings. The summed E-state index contributed by atoms with van der Waals surface area (Å²) in [6.07, 6.45) is 0.168. The number of rotatable bonds is 6. The molecule has 26 heavy (non-hydrogen) atoms. The van der Waals surface area contributed by atoms with Gasteiger partial charge in [0.25, 0.3) is 5.91 Å². The van der Waals surface area contributed by atoms with Gasteiger partial charge < -0.3 is 4.74 Å². The number of carbonyl (C=O) groups is 3. The summed E-state index contributed by atoms with van der Waals surface area (Å²) in [5, 5.41) is 0. The highest BCUT2D eigenvalue weighted by Gasteiger charge is 2.39. The largest absolute Gasteiger partial charge is 0.497 e. The van der Waals surface area contributed by atoms with Crippen LogP contribution in [0.25, 0.3) is 0 Å². The monoisotopic (exact) mass is 353 g/mol. The molecule has 3 amide bonds. The number of ether oxygens (including phenoxy) is 1. The van der Waals surface area contributed by atoms with Crippen LogP contribution in [0, 0.1) is 0 Å². The predicted octanol–water partition coefficient (Wildman–Crippen LogP) is 1.19. The molecule has 0 unspecified atom stereocenters. The molecule has 2 N–H and O–H groups in total. The van der Waals surface area contributed by atoms with Crippen molar-refractivity contribution in [3.63, 3.8) is 0 Å². The second kappa shape index (κ2) is 7.79. The van der Waals surface area contributed by atoms with Crippen molar-refractivity contribution in [2.75, 3.05) is 12.0 Å². The number of imide groups is 1. The molecule has 0 aliphatic carbocycles. The van der Waals surface area contributed by atoms with Gasteiger partial charge in [-0.15, -0.1) is 0 Å². The Bertz CT molecular complexity index is 805. The highest BCUT2D eigenvalue weighted by atomic mass is 16.5. The van der Waals surface area contributed by atoms with E-state index in [9.17, 15) is 14.4 Å². The average molecular weight is 353 g/mol. The van der Waals surface area contributed by atoms with Crippen LogP contribution in [0.15, 0.2) is 54.6 Å². The molecule has 1 heterocycles. The van der Waals surface area contributed by atoms with Crippen LogP contribution in [0.5, 0.6) is 5.75 Å². The topological polar surface area (TPSA) is 87.7 Å². The van der Waals surface area contributed by atoms with E-state index < -0.39 is 11.9 Å². The van der Waals surface area contributed by atoms with Gasteiger partial charge in [-0.05, 0) is 29.8 Å². The first-order valence-electron chi connectivity index (χ1n) is 8.17. The number of hydrazine groups is 1. The first-order valence-corrected chi connectivity index (χ1v) is 8.17. The SMILES string of the molecule is COc1ccc(N2C(=O)C[C@@H](NNC(=O)Cc3ccccc3)C2=O)cc1. The van der Waals surface area contributed by atoms with Crippen LogP contribution in [-0.4, -0.2) is 30.9 Å². The standard InChI is InChI=1S/C19H19N3O4/c1-26-15-9-7-14(8-10-15)22-18(24)12-16(19(22)25)20-21-17(23)11-13-5-3-2-4-6-13/h2-10,16,20H,11-12H2,1H3,(H,21,23)/t16-/m1/s1. The van der Waals surface area contributed by atoms with Gasteiger partial charge in [0, 0.05) is 0 Å². The van der Waals surface area contributed by atoms with E-state index in [1.165, 1.54) is 0 Å². The Balaban J connectivity index is 1.59. The average Bonchev–Trinajstić information content (AvgIpc) is 2.94. The van der Waals surface area contributed by atoms with E-state index in [0.717, 1.165) is 10.5 Å². The first-order chi connectivity index (χ1) is 12.6. The van der Waals surface area contributed by atoms with Gasteiger partial charge in [0.2, 0.25) is 11.8 Å². The van der Waals surface area contributed by atoms with E-state index in [4.69, 9.17) is 4.74 Å². The maximum Gasteiger partial charge on any atom is 0.253 e. The van der Waals surface area contributed by atoms with Crippen molar-refractivity contribution in [3.05, 3.63) is 60.2 Å². The van der Waals surface area contributed by atoms with Crippen LogP contribution >= 0.6 is 0 Å². The van der Waals surface area contributed by atoms with Gasteiger partial charge in [0.15, 0.2) is 0 Å². The van der Waals surface area contributed by atoms with E-state index in [0.29, 0.717) is 11.4 Å². The lowest BCUT2D eigenvalue weighted by Crippen LogP contribution is -2.48. The summed E-state index contributed by atoms with van der Waals surface area (Å²) >= 11 is 0. The number of carbonyl (C=O) groups excluding carboxylic acids is 3. The van der Waals surface area contributed by atoms with Gasteiger partial charge in [-0.25, -0.2) is 10.3 Å². The van der Waals surface area contributed by atoms with Crippen LogP contribution in [0.3, 0.4) is 0 Å². The summed E-state index contributed by atoms with van der Waals surface area (Å²) in [5.41, 5.74) is 6.51. The third kappa shape index (κ3) is 3.89. The van der Waals surface area contributed by atoms with Crippen molar-refractivity contribution in [2.24, 2.45) is 0 Å². The summed E-state index contributed by atoms with van der Waals surface area (Å²) in [5.74, 6) is -0.370. The van der Waals surface area contributed by atoms with E-state index in [1.54, 1.807) is 31.4 Å². The number of nitrogens with one attached hydrogen (secondary N) is 2. The predicted molar refractivity (Wildman–Crippen MR) is 95.3 cm³/mol. The van der Waals surface area contributed by atoms with Crippen LogP contribution in [0.4, 0.5) is 5.69 Å². The molecule has 134 valence electrons. The van der Waals surface area contributed by atoms with Crippen molar-refractivity contribution >= 4 is 23.4 Å². The van der Waals surface area contributed by atoms with E-state index in [2.05, 4.69) is 10.9 Å². The molecular formula is C19H19N3O4. The molecule has 2 aromatic carbocycles. The molecule has 1 atom stereocenters. The van der Waals surface area contributed by atoms with Crippen LogP contribution in [-0.2, 0) is 20.8 Å². The maximum absolute atomic E-state index is 12.5. The molecule has 0 aromatic heterocycles. The number of methoxy groups -OCH3 is 1. The molecular weight excluding hydrogens is 334 g/mol. The van der Waals surface area contributed by atoms with Crippen molar-refractivity contribution in [1.82, 2.24) is 10.9 Å². The van der Waals surface area contributed by atoms with Gasteiger partial charge in [0.05, 0.1) is 25.6 Å². The molecule has 7 heteroatoms. The van der Waals surface area contributed by atoms with E-state index >= 15 is 0 Å². The van der Waals surface area contributed by atoms with E-state index in [-0.39, 0.29) is 24.7 Å². The smallest absolute Gasteiger partial charge is 0.253 e. The minimum atomic E-state index is -0.788. The molecule has 3 rings (SSSR count). The molecule has 0 bridgehead atoms. The quantitative estimate of drug-likeness (QED) is 0.602. The Labute approximate surface area is 150 Å². The van der Waals surface area contributed by atoms with Gasteiger partial charge in [0.1, 0.15) is 11.8 Å². The van der Waals surface area contributed by atoms with E-state index in [1.807, 2.05) is 30.3 Å². The Morgan fingerprint density at radius 3 is 2.46 bits per heavy atom. The maximum atomic E-state index is 12.5. The zero-order valence-electron chi connectivity index (χ0n) is 14.3. The van der Waals surface area contributed by atoms with Crippen LogP contribution in [0.1, 0.15) is 12.0 Å². The molecule has 0 saturated carbocycles. The molecule has 7 nitrogen and oxygen atoms in total. The summed E-state index contributed by atoms with van der Waals surface area (Å²) in [6, 6.07) is 15.1. The first kappa shape index (κ1) is 17.6. The third-order valence-electron chi connectivity index (χ3n) is 4.07. The van der Waals surface area contributed by atoms with Crippen molar-refractivity contribution in [3.8, 4) is 5.75 Å². The van der Waals surface area contributed by atoms with Gasteiger partial charge in [-0.1, -0.05) is 30.3 Å². The fraction of sp³-hybridized carbons (Fsp3) is 0.211. The second-order valence-electron chi connectivity index (χ2n) is 5.88. The van der Waals surface area contributed by atoms with Crippen LogP contribution in [0.2, 0.25) is 0 Å². The van der Waals surface area contributed by atoms with Gasteiger partial charge >= 0.3 is 0 Å². The molecule has 1 fully saturated rings. The lowest BCUT2D eigenvalue weighted by atomic mass is 10.1. The fourth-order valence-corrected chi connectivity index (χ4v) is 2.74. The Kier molecular flexibility index (Phi) is 5.28. The Hall–Kier alpha value is -3.19. The summed E-state index contributed by atoms with van der Waals surface area (Å²) in [4.78, 5) is 37.8. The van der Waals surface area contributed by atoms with Crippen molar-refractivity contribution < 1.29 is 19.1 Å². The zero-order chi connectivity index (χ0) is 18.5. The van der Waals surface area contributed by atoms with Gasteiger partial charge in [-0.3, -0.25) is 19.8 Å². The van der Waals surface area contributed by atoms with Crippen molar-refractivity contribution in [2.45, 2.75) is 18.9 Å². The Morgan fingerprint density at radius 2 is 1.81 bits per heavy atom. The second-order valence-corrected chi connectivity index (χ2v) is 5.88. The highest BCUT2D eigenvalue weighted by Crippen LogP contribution is 2.24. The molecule has 1 aliphatic heterocycles. The zero-order valence-corrected chi connectivity index (χ0v) is 14.3. The molecule has 1 saturated heterocycles. The fourth-order valence-electron chi connectivity index (χ4n) is 2.74. The summed E-state index contributed by atoms with van der Waals surface area (Å²) in [6.45, 7) is 0. The summed E-state index contributed by atoms with van der Waals surface area (Å²) < 4.78 is 5.07. The Morgan fingerprint density at radius 1 is 1.12 bits per heavy atom. The minimum Gasteiger partial charge on any atom is -0.497 e. The summed E-state index contributed by atoms with van der Waals surface area (Å²) in [7, 11) is 1.54. The lowest BCUT2D eigenvalue weighted by molar-refractivity contribution is -0.122. The number of hydrogen-bond donors (Lipinski definition) is 2. The minimum absolute atomic E-state index is 0.0174.